The Labute approximate surface area is 220 Å². The van der Waals surface area contributed by atoms with Crippen LogP contribution in [0.1, 0.15) is 39.2 Å². The Balaban J connectivity index is 1.20. The number of hydrogen-bond acceptors (Lipinski definition) is 6. The maximum Gasteiger partial charge on any atom is 0.410 e. The Kier molecular flexibility index (Phi) is 5.69. The molecule has 38 heavy (non-hydrogen) atoms. The summed E-state index contributed by atoms with van der Waals surface area (Å²) in [7, 11) is 1.77. The minimum atomic E-state index is -0.538. The number of nitrogens with one attached hydrogen (secondary N) is 1. The fourth-order valence-corrected chi connectivity index (χ4v) is 5.93. The van der Waals surface area contributed by atoms with E-state index >= 15 is 0 Å². The standard InChI is InChI=1S/C27H32FN7O3/c1-27(2,3)38-26(37)35-17-5-6-18(35)15-33(14-17)23-7-9-29-24-19(23)8-10-34(24)25(36)30-22-11-16-13-32(4)31-21(16)12-20(22)28/h7,9,11-13,17-18H,5-6,8,10,14-15H2,1-4H3,(H,30,36). The quantitative estimate of drug-likeness (QED) is 0.541. The third-order valence-corrected chi connectivity index (χ3v) is 7.47. The summed E-state index contributed by atoms with van der Waals surface area (Å²) in [6.45, 7) is 7.51. The predicted molar refractivity (Wildman–Crippen MR) is 142 cm³/mol. The molecule has 6 rings (SSSR count). The van der Waals surface area contributed by atoms with Crippen molar-refractivity contribution < 1.29 is 18.7 Å². The van der Waals surface area contributed by atoms with E-state index < -0.39 is 17.4 Å². The number of carbonyl (C=O) groups is 2. The number of hydrogen-bond donors (Lipinski definition) is 1. The lowest BCUT2D eigenvalue weighted by Crippen LogP contribution is -2.57. The predicted octanol–water partition coefficient (Wildman–Crippen LogP) is 4.29. The molecule has 3 amide bonds. The van der Waals surface area contributed by atoms with E-state index in [-0.39, 0.29) is 23.9 Å². The van der Waals surface area contributed by atoms with Crippen LogP contribution in [-0.4, -0.2) is 69.1 Å². The zero-order chi connectivity index (χ0) is 26.8. The number of carbonyl (C=O) groups excluding carboxylic acids is 2. The van der Waals surface area contributed by atoms with Crippen LogP contribution < -0.4 is 15.1 Å². The second-order valence-electron chi connectivity index (χ2n) is 11.3. The molecule has 3 aliphatic rings. The van der Waals surface area contributed by atoms with Gasteiger partial charge in [-0.2, -0.15) is 5.10 Å². The molecule has 2 atom stereocenters. The fraction of sp³-hybridized carbons (Fsp3) is 0.481. The van der Waals surface area contributed by atoms with Gasteiger partial charge < -0.3 is 15.0 Å². The van der Waals surface area contributed by atoms with E-state index in [0.717, 1.165) is 29.5 Å². The van der Waals surface area contributed by atoms with Gasteiger partial charge in [0.1, 0.15) is 17.2 Å². The first-order valence-electron chi connectivity index (χ1n) is 13.0. The maximum atomic E-state index is 14.7. The van der Waals surface area contributed by atoms with Crippen LogP contribution in [0.5, 0.6) is 0 Å². The number of ether oxygens (including phenoxy) is 1. The van der Waals surface area contributed by atoms with Crippen LogP contribution in [0.3, 0.4) is 0 Å². The minimum Gasteiger partial charge on any atom is -0.444 e. The van der Waals surface area contributed by atoms with Gasteiger partial charge >= 0.3 is 12.1 Å². The van der Waals surface area contributed by atoms with E-state index in [1.807, 2.05) is 31.7 Å². The third kappa shape index (κ3) is 4.29. The van der Waals surface area contributed by atoms with E-state index in [1.54, 1.807) is 35.1 Å². The summed E-state index contributed by atoms with van der Waals surface area (Å²) >= 11 is 0. The lowest BCUT2D eigenvalue weighted by molar-refractivity contribution is 0.0123. The summed E-state index contributed by atoms with van der Waals surface area (Å²) in [5, 5.41) is 7.67. The number of fused-ring (bicyclic) bond motifs is 4. The number of benzene rings is 1. The van der Waals surface area contributed by atoms with Crippen LogP contribution in [0.15, 0.2) is 30.6 Å². The molecule has 2 unspecified atom stereocenters. The first-order chi connectivity index (χ1) is 18.1. The van der Waals surface area contributed by atoms with Crippen molar-refractivity contribution >= 4 is 40.2 Å². The summed E-state index contributed by atoms with van der Waals surface area (Å²) in [4.78, 5) is 36.4. The third-order valence-electron chi connectivity index (χ3n) is 7.47. The molecule has 0 saturated carbocycles. The van der Waals surface area contributed by atoms with Gasteiger partial charge in [0.25, 0.3) is 0 Å². The van der Waals surface area contributed by atoms with Crippen LogP contribution in [0.25, 0.3) is 10.9 Å². The zero-order valence-electron chi connectivity index (χ0n) is 22.1. The summed E-state index contributed by atoms with van der Waals surface area (Å²) in [6.07, 6.45) is 5.77. The lowest BCUT2D eigenvalue weighted by Gasteiger charge is -2.42. The average molecular weight is 522 g/mol. The number of pyridine rings is 1. The molecule has 0 spiro atoms. The first-order valence-corrected chi connectivity index (χ1v) is 13.0. The van der Waals surface area contributed by atoms with Crippen molar-refractivity contribution in [3.8, 4) is 0 Å². The molecule has 10 nitrogen and oxygen atoms in total. The number of anilines is 3. The molecule has 0 radical (unpaired) electrons. The van der Waals surface area contributed by atoms with Gasteiger partial charge in [-0.05, 0) is 52.2 Å². The van der Waals surface area contributed by atoms with Gasteiger partial charge in [0, 0.05) is 61.8 Å². The maximum absolute atomic E-state index is 14.7. The highest BCUT2D eigenvalue weighted by molar-refractivity contribution is 6.04. The van der Waals surface area contributed by atoms with Gasteiger partial charge in [0.15, 0.2) is 0 Å². The van der Waals surface area contributed by atoms with Gasteiger partial charge in [0.05, 0.1) is 23.3 Å². The Hall–Kier alpha value is -3.89. The van der Waals surface area contributed by atoms with Crippen LogP contribution in [0.4, 0.5) is 31.2 Å². The highest BCUT2D eigenvalue weighted by Gasteiger charge is 2.45. The van der Waals surface area contributed by atoms with Gasteiger partial charge in [-0.3, -0.25) is 14.5 Å². The SMILES string of the molecule is Cn1cc2cc(NC(=O)N3CCc4c(N5CC6CCC(C5)N6C(=O)OC(C)(C)C)ccnc43)c(F)cc2n1. The molecule has 3 aromatic rings. The summed E-state index contributed by atoms with van der Waals surface area (Å²) < 4.78 is 22.0. The number of rotatable bonds is 2. The minimum absolute atomic E-state index is 0.0820. The zero-order valence-corrected chi connectivity index (χ0v) is 22.1. The van der Waals surface area contributed by atoms with E-state index in [2.05, 4.69) is 20.3 Å². The topological polar surface area (TPSA) is 95.8 Å². The monoisotopic (exact) mass is 521 g/mol. The first kappa shape index (κ1) is 24.4. The van der Waals surface area contributed by atoms with E-state index in [1.165, 1.54) is 6.07 Å². The molecule has 3 aliphatic heterocycles. The molecule has 2 fully saturated rings. The van der Waals surface area contributed by atoms with Crippen LogP contribution in [0.2, 0.25) is 0 Å². The van der Waals surface area contributed by atoms with Crippen LogP contribution in [0, 0.1) is 5.82 Å². The lowest BCUT2D eigenvalue weighted by atomic mass is 10.1. The Morgan fingerprint density at radius 2 is 1.89 bits per heavy atom. The number of aryl methyl sites for hydroxylation is 1. The molecule has 200 valence electrons. The summed E-state index contributed by atoms with van der Waals surface area (Å²) in [5.41, 5.74) is 2.14. The van der Waals surface area contributed by atoms with Crippen molar-refractivity contribution in [2.45, 2.75) is 57.7 Å². The highest BCUT2D eigenvalue weighted by atomic mass is 19.1. The molecule has 2 saturated heterocycles. The van der Waals surface area contributed by atoms with Gasteiger partial charge in [-0.1, -0.05) is 0 Å². The Bertz CT molecular complexity index is 1420. The molecular formula is C27H32FN7O3. The highest BCUT2D eigenvalue weighted by Crippen LogP contribution is 2.39. The molecular weight excluding hydrogens is 489 g/mol. The van der Waals surface area contributed by atoms with Crippen molar-refractivity contribution in [3.63, 3.8) is 0 Å². The Morgan fingerprint density at radius 1 is 1.16 bits per heavy atom. The van der Waals surface area contributed by atoms with Gasteiger partial charge in [-0.25, -0.2) is 19.0 Å². The molecule has 11 heteroatoms. The van der Waals surface area contributed by atoms with Crippen molar-refractivity contribution in [1.29, 1.82) is 0 Å². The second-order valence-corrected chi connectivity index (χ2v) is 11.3. The molecule has 0 aliphatic carbocycles. The van der Waals surface area contributed by atoms with Crippen molar-refractivity contribution in [2.24, 2.45) is 7.05 Å². The number of nitrogens with zero attached hydrogens (tertiary/aromatic N) is 6. The molecule has 2 bridgehead atoms. The summed E-state index contributed by atoms with van der Waals surface area (Å²) in [6, 6.07) is 4.64. The molecule has 2 aromatic heterocycles. The average Bonchev–Trinajstić information content (AvgIpc) is 3.50. The van der Waals surface area contributed by atoms with Crippen molar-refractivity contribution in [1.82, 2.24) is 19.7 Å². The molecule has 5 heterocycles. The van der Waals surface area contributed by atoms with Crippen LogP contribution in [-0.2, 0) is 18.2 Å². The largest absolute Gasteiger partial charge is 0.444 e. The van der Waals surface area contributed by atoms with E-state index in [0.29, 0.717) is 37.4 Å². The van der Waals surface area contributed by atoms with E-state index in [4.69, 9.17) is 4.74 Å². The number of piperazine rings is 1. The number of urea groups is 1. The molecule has 1 N–H and O–H groups in total. The fourth-order valence-electron chi connectivity index (χ4n) is 5.93. The van der Waals surface area contributed by atoms with Gasteiger partial charge in [-0.15, -0.1) is 0 Å². The molecule has 1 aromatic carbocycles. The smallest absolute Gasteiger partial charge is 0.410 e. The summed E-state index contributed by atoms with van der Waals surface area (Å²) in [5.74, 6) is 0.0498. The van der Waals surface area contributed by atoms with Crippen molar-refractivity contribution in [2.75, 3.05) is 34.8 Å². The number of aromatic nitrogens is 3. The van der Waals surface area contributed by atoms with Gasteiger partial charge in [0.2, 0.25) is 0 Å². The number of amides is 3. The van der Waals surface area contributed by atoms with E-state index in [9.17, 15) is 14.0 Å². The second kappa shape index (κ2) is 8.85. The van der Waals surface area contributed by atoms with Crippen LogP contribution >= 0.6 is 0 Å². The normalized spacial score (nSPS) is 20.7. The number of halogens is 1. The van der Waals surface area contributed by atoms with Crippen molar-refractivity contribution in [3.05, 3.63) is 42.0 Å². The Morgan fingerprint density at radius 3 is 2.61 bits per heavy atom.